The average molecular weight is 389 g/mol. The van der Waals surface area contributed by atoms with Gasteiger partial charge >= 0.3 is 5.97 Å². The molecule has 2 aromatic rings. The lowest BCUT2D eigenvalue weighted by Crippen LogP contribution is -2.30. The van der Waals surface area contributed by atoms with Crippen LogP contribution in [0.3, 0.4) is 0 Å². The summed E-state index contributed by atoms with van der Waals surface area (Å²) in [5, 5.41) is 0. The molecule has 0 spiro atoms. The maximum Gasteiger partial charge on any atom is 0.336 e. The third kappa shape index (κ3) is 2.85. The molecule has 1 atom stereocenters. The summed E-state index contributed by atoms with van der Waals surface area (Å²) in [6, 6.07) is 15.1. The second-order valence-corrected chi connectivity index (χ2v) is 7.12. The number of methoxy groups -OCH3 is 1. The summed E-state index contributed by atoms with van der Waals surface area (Å²) in [6.07, 6.45) is 0. The molecule has 0 unspecified atom stereocenters. The highest BCUT2D eigenvalue weighted by molar-refractivity contribution is 6.23. The van der Waals surface area contributed by atoms with E-state index in [0.717, 1.165) is 28.3 Å². The van der Waals surface area contributed by atoms with Crippen LogP contribution in [0, 0.1) is 0 Å². The Hall–Kier alpha value is -3.34. The van der Waals surface area contributed by atoms with Gasteiger partial charge in [-0.15, -0.1) is 0 Å². The minimum Gasteiger partial charge on any atom is -0.497 e. The van der Waals surface area contributed by atoms with Gasteiger partial charge in [0.1, 0.15) is 5.75 Å². The van der Waals surface area contributed by atoms with Crippen LogP contribution in [-0.2, 0) is 9.53 Å². The van der Waals surface area contributed by atoms with E-state index < -0.39 is 11.9 Å². The summed E-state index contributed by atoms with van der Waals surface area (Å²) in [4.78, 5) is 28.3. The van der Waals surface area contributed by atoms with E-state index in [4.69, 9.17) is 9.47 Å². The van der Waals surface area contributed by atoms with Gasteiger partial charge in [0.25, 0.3) is 0 Å². The van der Waals surface area contributed by atoms with Crippen molar-refractivity contribution in [1.82, 2.24) is 4.90 Å². The number of hydrogen-bond acceptors (Lipinski definition) is 5. The highest BCUT2D eigenvalue weighted by atomic mass is 16.5. The first-order valence-corrected chi connectivity index (χ1v) is 9.63. The minimum absolute atomic E-state index is 0.0439. The molecule has 0 saturated carbocycles. The Balaban J connectivity index is 1.95. The molecule has 1 aliphatic heterocycles. The van der Waals surface area contributed by atoms with Crippen molar-refractivity contribution >= 4 is 17.4 Å². The molecule has 1 aliphatic carbocycles. The van der Waals surface area contributed by atoms with Crippen LogP contribution >= 0.6 is 0 Å². The van der Waals surface area contributed by atoms with Crippen LogP contribution in [0.5, 0.6) is 5.75 Å². The maximum absolute atomic E-state index is 13.4. The fraction of sp³-hybridized carbons (Fsp3) is 0.250. The van der Waals surface area contributed by atoms with E-state index in [1.807, 2.05) is 67.4 Å². The SMILES string of the molecule is CCOC(=O)C1=C(C)N(C)C2=C(C(=O)c3ccccc32)[C@@H]1c1ccc(OC)cc1. The van der Waals surface area contributed by atoms with Crippen LogP contribution in [0.15, 0.2) is 65.4 Å². The van der Waals surface area contributed by atoms with Crippen molar-refractivity contribution in [2.24, 2.45) is 0 Å². The van der Waals surface area contributed by atoms with Crippen molar-refractivity contribution in [3.8, 4) is 5.75 Å². The first kappa shape index (κ1) is 19.0. The Bertz CT molecular complexity index is 1060. The van der Waals surface area contributed by atoms with Crippen molar-refractivity contribution in [2.75, 3.05) is 20.8 Å². The van der Waals surface area contributed by atoms with Crippen molar-refractivity contribution in [3.63, 3.8) is 0 Å². The van der Waals surface area contributed by atoms with E-state index in [1.54, 1.807) is 14.0 Å². The zero-order valence-corrected chi connectivity index (χ0v) is 17.0. The second kappa shape index (κ2) is 7.24. The van der Waals surface area contributed by atoms with Gasteiger partial charge in [0.2, 0.25) is 0 Å². The molecule has 5 heteroatoms. The average Bonchev–Trinajstić information content (AvgIpc) is 3.03. The van der Waals surface area contributed by atoms with Crippen LogP contribution in [0.2, 0.25) is 0 Å². The molecule has 2 aliphatic rings. The van der Waals surface area contributed by atoms with E-state index in [0.29, 0.717) is 16.7 Å². The Kier molecular flexibility index (Phi) is 4.74. The van der Waals surface area contributed by atoms with Crippen LogP contribution < -0.4 is 4.74 Å². The number of nitrogens with zero attached hydrogens (tertiary/aromatic N) is 1. The Morgan fingerprint density at radius 1 is 1.07 bits per heavy atom. The molecule has 0 bridgehead atoms. The number of rotatable bonds is 4. The summed E-state index contributed by atoms with van der Waals surface area (Å²) in [7, 11) is 3.50. The summed E-state index contributed by atoms with van der Waals surface area (Å²) >= 11 is 0. The fourth-order valence-corrected chi connectivity index (χ4v) is 4.22. The summed E-state index contributed by atoms with van der Waals surface area (Å²) in [5.74, 6) is -0.216. The third-order valence-corrected chi connectivity index (χ3v) is 5.68. The van der Waals surface area contributed by atoms with Crippen LogP contribution in [0.1, 0.15) is 41.3 Å². The molecule has 0 radical (unpaired) electrons. The predicted molar refractivity (Wildman–Crippen MR) is 111 cm³/mol. The molecule has 0 amide bonds. The molecule has 0 fully saturated rings. The molecule has 148 valence electrons. The van der Waals surface area contributed by atoms with Gasteiger partial charge in [0.15, 0.2) is 5.78 Å². The lowest BCUT2D eigenvalue weighted by atomic mass is 9.79. The lowest BCUT2D eigenvalue weighted by Gasteiger charge is -2.35. The highest BCUT2D eigenvalue weighted by Crippen LogP contribution is 2.50. The molecule has 0 N–H and O–H groups in total. The number of allylic oxidation sites excluding steroid dienone is 2. The van der Waals surface area contributed by atoms with Gasteiger partial charge in [-0.05, 0) is 31.5 Å². The van der Waals surface area contributed by atoms with Crippen molar-refractivity contribution in [3.05, 3.63) is 82.1 Å². The van der Waals surface area contributed by atoms with E-state index in [1.165, 1.54) is 0 Å². The van der Waals surface area contributed by atoms with Crippen molar-refractivity contribution in [1.29, 1.82) is 0 Å². The smallest absolute Gasteiger partial charge is 0.336 e. The Morgan fingerprint density at radius 3 is 2.34 bits per heavy atom. The zero-order valence-electron chi connectivity index (χ0n) is 17.0. The summed E-state index contributed by atoms with van der Waals surface area (Å²) < 4.78 is 10.7. The molecule has 29 heavy (non-hydrogen) atoms. The molecule has 1 heterocycles. The summed E-state index contributed by atoms with van der Waals surface area (Å²) in [5.41, 5.74) is 5.18. The van der Waals surface area contributed by atoms with Gasteiger partial charge in [-0.1, -0.05) is 36.4 Å². The minimum atomic E-state index is -0.494. The highest BCUT2D eigenvalue weighted by Gasteiger charge is 2.44. The monoisotopic (exact) mass is 389 g/mol. The Morgan fingerprint density at radius 2 is 1.72 bits per heavy atom. The van der Waals surface area contributed by atoms with E-state index in [2.05, 4.69) is 0 Å². The molecule has 0 saturated heterocycles. The first-order chi connectivity index (χ1) is 14.0. The number of fused-ring (bicyclic) bond motifs is 2. The molecule has 0 aromatic heterocycles. The van der Waals surface area contributed by atoms with Gasteiger partial charge in [0, 0.05) is 35.4 Å². The standard InChI is InChI=1S/C24H23NO4/c1-5-29-24(27)19-14(2)25(3)22-17-8-6-7-9-18(17)23(26)21(22)20(19)15-10-12-16(28-4)13-11-15/h6-13,20H,5H2,1-4H3/t20-/m1/s1. The lowest BCUT2D eigenvalue weighted by molar-refractivity contribution is -0.138. The number of carbonyl (C=O) groups is 2. The predicted octanol–water partition coefficient (Wildman–Crippen LogP) is 4.17. The Labute approximate surface area is 170 Å². The van der Waals surface area contributed by atoms with Crippen molar-refractivity contribution < 1.29 is 19.1 Å². The van der Waals surface area contributed by atoms with Crippen LogP contribution in [0.4, 0.5) is 0 Å². The first-order valence-electron chi connectivity index (χ1n) is 9.63. The number of benzene rings is 2. The largest absolute Gasteiger partial charge is 0.497 e. The number of Topliss-reactive ketones (excluding diaryl/α,β-unsaturated/α-hetero) is 1. The van der Waals surface area contributed by atoms with Crippen LogP contribution in [0.25, 0.3) is 5.70 Å². The second-order valence-electron chi connectivity index (χ2n) is 7.12. The molecule has 4 rings (SSSR count). The van der Waals surface area contributed by atoms with Crippen LogP contribution in [-0.4, -0.2) is 37.4 Å². The number of esters is 1. The van der Waals surface area contributed by atoms with E-state index >= 15 is 0 Å². The molecular formula is C24H23NO4. The molecule has 5 nitrogen and oxygen atoms in total. The normalized spacial score (nSPS) is 18.0. The number of carbonyl (C=O) groups excluding carboxylic acids is 2. The van der Waals surface area contributed by atoms with Gasteiger partial charge in [-0.25, -0.2) is 4.79 Å². The third-order valence-electron chi connectivity index (χ3n) is 5.68. The maximum atomic E-state index is 13.4. The molecule has 2 aromatic carbocycles. The quantitative estimate of drug-likeness (QED) is 0.735. The van der Waals surface area contributed by atoms with Gasteiger partial charge in [-0.3, -0.25) is 4.79 Å². The van der Waals surface area contributed by atoms with E-state index in [-0.39, 0.29) is 12.4 Å². The number of hydrogen-bond donors (Lipinski definition) is 0. The van der Waals surface area contributed by atoms with Gasteiger partial charge < -0.3 is 14.4 Å². The zero-order chi connectivity index (χ0) is 20.7. The number of ketones is 1. The van der Waals surface area contributed by atoms with E-state index in [9.17, 15) is 9.59 Å². The van der Waals surface area contributed by atoms with Gasteiger partial charge in [-0.2, -0.15) is 0 Å². The number of ether oxygens (including phenoxy) is 2. The topological polar surface area (TPSA) is 55.8 Å². The summed E-state index contributed by atoms with van der Waals surface area (Å²) in [6.45, 7) is 3.96. The van der Waals surface area contributed by atoms with Gasteiger partial charge in [0.05, 0.1) is 25.0 Å². The molecular weight excluding hydrogens is 366 g/mol. The van der Waals surface area contributed by atoms with Crippen molar-refractivity contribution in [2.45, 2.75) is 19.8 Å². The fourth-order valence-electron chi connectivity index (χ4n) is 4.22.